The number of nitrogens with two attached hydrogens (primary N) is 1. The van der Waals surface area contributed by atoms with Crippen LogP contribution in [0, 0.1) is 5.82 Å². The summed E-state index contributed by atoms with van der Waals surface area (Å²) < 4.78 is 47.1. The van der Waals surface area contributed by atoms with E-state index in [0.717, 1.165) is 6.42 Å². The Bertz CT molecular complexity index is 1990. The van der Waals surface area contributed by atoms with E-state index in [1.165, 1.54) is 18.2 Å². The first-order valence-corrected chi connectivity index (χ1v) is 16.0. The SMILES string of the molecule is CCCc1nc(Cl)c(COC(=O)c2ccccc2C(=O)c2ccccc2)n1Cc1ccc(-c2ccccc2S(N)(=O)=O)cc1F. The van der Waals surface area contributed by atoms with Gasteiger partial charge in [0.1, 0.15) is 18.2 Å². The van der Waals surface area contributed by atoms with Crippen LogP contribution in [0.4, 0.5) is 4.39 Å². The molecule has 8 nitrogen and oxygen atoms in total. The van der Waals surface area contributed by atoms with Crippen molar-refractivity contribution in [1.82, 2.24) is 9.55 Å². The van der Waals surface area contributed by atoms with Crippen LogP contribution < -0.4 is 5.14 Å². The van der Waals surface area contributed by atoms with Gasteiger partial charge in [0.15, 0.2) is 10.9 Å². The van der Waals surface area contributed by atoms with Crippen LogP contribution in [0.15, 0.2) is 102 Å². The van der Waals surface area contributed by atoms with Gasteiger partial charge < -0.3 is 9.30 Å². The van der Waals surface area contributed by atoms with Gasteiger partial charge >= 0.3 is 5.97 Å². The molecule has 0 saturated heterocycles. The second-order valence-electron chi connectivity index (χ2n) is 10.3. The number of sulfonamides is 1. The van der Waals surface area contributed by atoms with Crippen LogP contribution >= 0.6 is 11.6 Å². The predicted molar refractivity (Wildman–Crippen MR) is 169 cm³/mol. The van der Waals surface area contributed by atoms with E-state index in [1.54, 1.807) is 83.4 Å². The maximum Gasteiger partial charge on any atom is 0.339 e. The fourth-order valence-electron chi connectivity index (χ4n) is 5.03. The zero-order valence-electron chi connectivity index (χ0n) is 24.2. The number of aromatic nitrogens is 2. The minimum atomic E-state index is -4.03. The average Bonchev–Trinajstić information content (AvgIpc) is 3.33. The molecule has 0 radical (unpaired) electrons. The molecule has 0 aliphatic heterocycles. The summed E-state index contributed by atoms with van der Waals surface area (Å²) in [4.78, 5) is 30.7. The molecule has 0 unspecified atom stereocenters. The van der Waals surface area contributed by atoms with Crippen molar-refractivity contribution in [1.29, 1.82) is 0 Å². The third kappa shape index (κ3) is 7.04. The quantitative estimate of drug-likeness (QED) is 0.128. The maximum absolute atomic E-state index is 15.5. The Morgan fingerprint density at radius 2 is 1.60 bits per heavy atom. The van der Waals surface area contributed by atoms with Gasteiger partial charge in [-0.2, -0.15) is 0 Å². The van der Waals surface area contributed by atoms with Crippen molar-refractivity contribution in [3.8, 4) is 11.1 Å². The monoisotopic (exact) mass is 645 g/mol. The first-order valence-electron chi connectivity index (χ1n) is 14.1. The van der Waals surface area contributed by atoms with Gasteiger partial charge in [-0.3, -0.25) is 4.79 Å². The molecule has 1 heterocycles. The fourth-order valence-corrected chi connectivity index (χ4v) is 6.04. The number of carbonyl (C=O) groups excluding carboxylic acids is 2. The van der Waals surface area contributed by atoms with Gasteiger partial charge in [-0.1, -0.05) is 97.4 Å². The molecule has 0 amide bonds. The van der Waals surface area contributed by atoms with Crippen LogP contribution in [0.3, 0.4) is 0 Å². The number of rotatable bonds is 11. The molecule has 0 spiro atoms. The third-order valence-corrected chi connectivity index (χ3v) is 8.50. The number of hydrogen-bond donors (Lipinski definition) is 1. The molecule has 2 N–H and O–H groups in total. The molecule has 4 aromatic carbocycles. The smallest absolute Gasteiger partial charge is 0.339 e. The largest absolute Gasteiger partial charge is 0.456 e. The standard InChI is InChI=1S/C34H29ClFN3O5S/c1-2-10-31-38-33(35)29(21-44-34(41)27-15-7-6-14-26(27)32(40)22-11-4-3-5-12-22)39(31)20-24-18-17-23(19-28(24)36)25-13-8-9-16-30(25)45(37,42)43/h3-9,11-19H,2,10,20-21H2,1H3,(H2,37,42,43). The van der Waals surface area contributed by atoms with Gasteiger partial charge in [-0.15, -0.1) is 0 Å². The molecular formula is C34H29ClFN3O5S. The number of esters is 1. The van der Waals surface area contributed by atoms with E-state index in [1.807, 2.05) is 6.92 Å². The molecule has 0 aliphatic rings. The van der Waals surface area contributed by atoms with Crippen LogP contribution in [0.2, 0.25) is 5.15 Å². The van der Waals surface area contributed by atoms with Crippen molar-refractivity contribution in [2.45, 2.75) is 37.8 Å². The lowest BCUT2D eigenvalue weighted by atomic mass is 9.98. The van der Waals surface area contributed by atoms with Crippen LogP contribution in [-0.2, 0) is 34.3 Å². The van der Waals surface area contributed by atoms with Crippen LogP contribution in [0.5, 0.6) is 0 Å². The molecule has 0 aliphatic carbocycles. The number of ether oxygens (including phenoxy) is 1. The lowest BCUT2D eigenvalue weighted by Crippen LogP contribution is -2.15. The summed E-state index contributed by atoms with van der Waals surface area (Å²) in [5.41, 5.74) is 2.00. The summed E-state index contributed by atoms with van der Waals surface area (Å²) in [5, 5.41) is 5.48. The average molecular weight is 646 g/mol. The highest BCUT2D eigenvalue weighted by atomic mass is 35.5. The van der Waals surface area contributed by atoms with E-state index in [0.29, 0.717) is 29.1 Å². The summed E-state index contributed by atoms with van der Waals surface area (Å²) in [7, 11) is -4.03. The van der Waals surface area contributed by atoms with Gasteiger partial charge in [0.25, 0.3) is 0 Å². The second-order valence-corrected chi connectivity index (χ2v) is 12.2. The Labute approximate surface area is 265 Å². The number of nitrogens with zero attached hydrogens (tertiary/aromatic N) is 2. The molecule has 5 rings (SSSR count). The maximum atomic E-state index is 15.5. The Balaban J connectivity index is 1.42. The van der Waals surface area contributed by atoms with Crippen LogP contribution in [0.25, 0.3) is 11.1 Å². The lowest BCUT2D eigenvalue weighted by molar-refractivity contribution is 0.0461. The van der Waals surface area contributed by atoms with Crippen molar-refractivity contribution >= 4 is 33.4 Å². The Morgan fingerprint density at radius 1 is 0.933 bits per heavy atom. The van der Waals surface area contributed by atoms with E-state index in [2.05, 4.69) is 4.98 Å². The Kier molecular flexibility index (Phi) is 9.57. The number of benzene rings is 4. The Morgan fingerprint density at radius 3 is 2.29 bits per heavy atom. The van der Waals surface area contributed by atoms with Gasteiger partial charge in [0.05, 0.1) is 22.7 Å². The number of aryl methyl sites for hydroxylation is 1. The Hall–Kier alpha value is -4.64. The topological polar surface area (TPSA) is 121 Å². The fraction of sp³-hybridized carbons (Fsp3) is 0.147. The number of hydrogen-bond acceptors (Lipinski definition) is 6. The number of primary sulfonamides is 1. The zero-order valence-corrected chi connectivity index (χ0v) is 25.8. The van der Waals surface area contributed by atoms with Gasteiger partial charge in [-0.05, 0) is 30.2 Å². The first-order chi connectivity index (χ1) is 21.6. The van der Waals surface area contributed by atoms with Crippen molar-refractivity contribution < 1.29 is 27.1 Å². The molecule has 45 heavy (non-hydrogen) atoms. The molecule has 0 fully saturated rings. The molecule has 0 atom stereocenters. The van der Waals surface area contributed by atoms with Gasteiger partial charge in [-0.25, -0.2) is 27.7 Å². The van der Waals surface area contributed by atoms with Gasteiger partial charge in [0, 0.05) is 28.7 Å². The minimum absolute atomic E-state index is 0.0218. The molecule has 11 heteroatoms. The highest BCUT2D eigenvalue weighted by Crippen LogP contribution is 2.29. The molecule has 0 bridgehead atoms. The molecule has 5 aromatic rings. The van der Waals surface area contributed by atoms with E-state index < -0.39 is 21.8 Å². The minimum Gasteiger partial charge on any atom is -0.456 e. The van der Waals surface area contributed by atoms with E-state index >= 15 is 4.39 Å². The van der Waals surface area contributed by atoms with Gasteiger partial charge in [0.2, 0.25) is 10.0 Å². The molecule has 230 valence electrons. The second kappa shape index (κ2) is 13.6. The molecule has 0 saturated carbocycles. The van der Waals surface area contributed by atoms with E-state index in [-0.39, 0.29) is 51.2 Å². The number of carbonyl (C=O) groups is 2. The summed E-state index contributed by atoms with van der Waals surface area (Å²) in [6.45, 7) is 1.71. The first kappa shape index (κ1) is 31.8. The summed E-state index contributed by atoms with van der Waals surface area (Å²) in [6.07, 6.45) is 1.26. The third-order valence-electron chi connectivity index (χ3n) is 7.23. The number of imidazole rings is 1. The normalized spacial score (nSPS) is 11.4. The van der Waals surface area contributed by atoms with Crippen molar-refractivity contribution in [2.24, 2.45) is 5.14 Å². The molecule has 1 aromatic heterocycles. The zero-order chi connectivity index (χ0) is 32.1. The number of halogens is 2. The number of ketones is 1. The van der Waals surface area contributed by atoms with Crippen molar-refractivity contribution in [3.05, 3.63) is 142 Å². The highest BCUT2D eigenvalue weighted by Gasteiger charge is 2.23. The summed E-state index contributed by atoms with van der Waals surface area (Å²) >= 11 is 6.51. The van der Waals surface area contributed by atoms with Crippen molar-refractivity contribution in [2.75, 3.05) is 0 Å². The lowest BCUT2D eigenvalue weighted by Gasteiger charge is -2.15. The summed E-state index contributed by atoms with van der Waals surface area (Å²) in [5.74, 6) is -1.04. The highest BCUT2D eigenvalue weighted by molar-refractivity contribution is 7.89. The predicted octanol–water partition coefficient (Wildman–Crippen LogP) is 6.58. The van der Waals surface area contributed by atoms with E-state index in [4.69, 9.17) is 21.5 Å². The van der Waals surface area contributed by atoms with Crippen LogP contribution in [0.1, 0.15) is 56.7 Å². The van der Waals surface area contributed by atoms with E-state index in [9.17, 15) is 18.0 Å². The van der Waals surface area contributed by atoms with Crippen LogP contribution in [-0.4, -0.2) is 29.7 Å². The summed E-state index contributed by atoms with van der Waals surface area (Å²) in [6, 6.07) is 25.5. The van der Waals surface area contributed by atoms with Crippen molar-refractivity contribution in [3.63, 3.8) is 0 Å². The molecular weight excluding hydrogens is 617 g/mol.